The Morgan fingerprint density at radius 2 is 1.64 bits per heavy atom. The smallest absolute Gasteiger partial charge is 0.444 e. The second kappa shape index (κ2) is 9.48. The molecule has 0 unspecified atom stereocenters. The topological polar surface area (TPSA) is 88.2 Å². The van der Waals surface area contributed by atoms with Crippen molar-refractivity contribution in [2.45, 2.75) is 65.1 Å². The Labute approximate surface area is 191 Å². The van der Waals surface area contributed by atoms with E-state index >= 15 is 0 Å². The number of hydrogen-bond acceptors (Lipinski definition) is 5. The van der Waals surface area contributed by atoms with Crippen LogP contribution in [0.4, 0.5) is 18.0 Å². The lowest BCUT2D eigenvalue weighted by atomic mass is 9.96. The number of halogens is 3. The largest absolute Gasteiger partial charge is 0.573 e. The minimum atomic E-state index is -4.81. The van der Waals surface area contributed by atoms with Gasteiger partial charge in [-0.1, -0.05) is 0 Å². The summed E-state index contributed by atoms with van der Waals surface area (Å²) in [6.45, 7) is 11.0. The van der Waals surface area contributed by atoms with Crippen molar-refractivity contribution in [1.29, 1.82) is 0 Å². The van der Waals surface area contributed by atoms with Gasteiger partial charge >= 0.3 is 12.5 Å². The summed E-state index contributed by atoms with van der Waals surface area (Å²) in [5, 5.41) is 2.52. The van der Waals surface area contributed by atoms with Crippen LogP contribution in [0.3, 0.4) is 0 Å². The number of piperazine rings is 1. The van der Waals surface area contributed by atoms with E-state index in [1.54, 1.807) is 51.3 Å². The first-order chi connectivity index (χ1) is 15.0. The molecule has 1 aromatic carbocycles. The highest BCUT2D eigenvalue weighted by atomic mass is 19.4. The number of amides is 3. The van der Waals surface area contributed by atoms with Crippen molar-refractivity contribution in [3.05, 3.63) is 29.8 Å². The average molecular weight is 473 g/mol. The lowest BCUT2D eigenvalue weighted by molar-refractivity contribution is -0.274. The number of benzene rings is 1. The molecule has 1 atom stereocenters. The molecule has 0 bridgehead atoms. The molecule has 3 amide bonds. The van der Waals surface area contributed by atoms with E-state index in [0.29, 0.717) is 0 Å². The van der Waals surface area contributed by atoms with Crippen LogP contribution in [0.15, 0.2) is 24.3 Å². The van der Waals surface area contributed by atoms with Crippen molar-refractivity contribution in [2.24, 2.45) is 0 Å². The molecule has 1 heterocycles. The first-order valence-corrected chi connectivity index (χ1v) is 10.4. The summed E-state index contributed by atoms with van der Waals surface area (Å²) in [5.41, 5.74) is -1.24. The summed E-state index contributed by atoms with van der Waals surface area (Å²) in [5.74, 6) is -1.10. The standard InChI is InChI=1S/C22H30F3N3O5/c1-14(26-19(31)33-20(2,3)4)17(29)27-11-12-28(21(5,6)13-27)18(30)15-7-9-16(10-8-15)32-22(23,24)25/h7-10,14H,11-13H2,1-6H3,(H,26,31)/t14-/m0/s1. The number of alkyl carbamates (subject to hydrolysis) is 1. The molecule has 1 N–H and O–H groups in total. The lowest BCUT2D eigenvalue weighted by Crippen LogP contribution is -2.63. The van der Waals surface area contributed by atoms with Crippen LogP contribution in [-0.2, 0) is 9.53 Å². The third kappa shape index (κ3) is 7.54. The molecule has 0 aromatic heterocycles. The van der Waals surface area contributed by atoms with E-state index in [1.807, 2.05) is 0 Å². The molecule has 1 fully saturated rings. The van der Waals surface area contributed by atoms with Crippen LogP contribution in [0.5, 0.6) is 5.75 Å². The Hall–Kier alpha value is -2.98. The molecule has 1 aromatic rings. The molecule has 1 saturated heterocycles. The maximum atomic E-state index is 13.0. The molecule has 0 saturated carbocycles. The third-order valence-electron chi connectivity index (χ3n) is 4.90. The van der Waals surface area contributed by atoms with Crippen LogP contribution >= 0.6 is 0 Å². The zero-order chi connectivity index (χ0) is 25.2. The Kier molecular flexibility index (Phi) is 7.55. The van der Waals surface area contributed by atoms with Crippen molar-refractivity contribution in [3.63, 3.8) is 0 Å². The minimum Gasteiger partial charge on any atom is -0.444 e. The number of nitrogens with one attached hydrogen (secondary N) is 1. The van der Waals surface area contributed by atoms with Crippen LogP contribution in [-0.4, -0.2) is 70.9 Å². The van der Waals surface area contributed by atoms with E-state index in [0.717, 1.165) is 12.1 Å². The van der Waals surface area contributed by atoms with Crippen molar-refractivity contribution >= 4 is 17.9 Å². The lowest BCUT2D eigenvalue weighted by Gasteiger charge is -2.47. The summed E-state index contributed by atoms with van der Waals surface area (Å²) >= 11 is 0. The minimum absolute atomic E-state index is 0.206. The maximum Gasteiger partial charge on any atom is 0.573 e. The van der Waals surface area contributed by atoms with Crippen LogP contribution in [0, 0.1) is 0 Å². The zero-order valence-corrected chi connectivity index (χ0v) is 19.6. The monoisotopic (exact) mass is 473 g/mol. The van der Waals surface area contributed by atoms with Crippen molar-refractivity contribution in [1.82, 2.24) is 15.1 Å². The van der Waals surface area contributed by atoms with Gasteiger partial charge in [-0.3, -0.25) is 9.59 Å². The molecule has 1 aliphatic rings. The molecular formula is C22H30F3N3O5. The Balaban J connectivity index is 2.02. The van der Waals surface area contributed by atoms with E-state index in [4.69, 9.17) is 4.74 Å². The summed E-state index contributed by atoms with van der Waals surface area (Å²) in [4.78, 5) is 40.9. The number of hydrogen-bond donors (Lipinski definition) is 1. The maximum absolute atomic E-state index is 13.0. The van der Waals surface area contributed by atoms with Crippen LogP contribution in [0.25, 0.3) is 0 Å². The fourth-order valence-corrected chi connectivity index (χ4v) is 3.49. The van der Waals surface area contributed by atoms with Crippen molar-refractivity contribution in [3.8, 4) is 5.75 Å². The van der Waals surface area contributed by atoms with Gasteiger partial charge in [0.15, 0.2) is 0 Å². The van der Waals surface area contributed by atoms with Crippen molar-refractivity contribution in [2.75, 3.05) is 19.6 Å². The van der Waals surface area contributed by atoms with Gasteiger partial charge in [-0.2, -0.15) is 0 Å². The Morgan fingerprint density at radius 1 is 1.06 bits per heavy atom. The second-order valence-corrected chi connectivity index (χ2v) is 9.47. The Bertz CT molecular complexity index is 879. The first kappa shape index (κ1) is 26.3. The number of alkyl halides is 3. The molecule has 184 valence electrons. The third-order valence-corrected chi connectivity index (χ3v) is 4.90. The number of carbonyl (C=O) groups is 3. The molecule has 8 nitrogen and oxygen atoms in total. The highest BCUT2D eigenvalue weighted by Gasteiger charge is 2.40. The molecule has 1 aliphatic heterocycles. The van der Waals surface area contributed by atoms with E-state index in [-0.39, 0.29) is 37.0 Å². The van der Waals surface area contributed by atoms with Crippen LogP contribution in [0.2, 0.25) is 0 Å². The zero-order valence-electron chi connectivity index (χ0n) is 19.6. The summed E-state index contributed by atoms with van der Waals surface area (Å²) in [7, 11) is 0. The normalized spacial score (nSPS) is 17.2. The summed E-state index contributed by atoms with van der Waals surface area (Å²) in [6, 6.07) is 3.88. The number of carbonyl (C=O) groups excluding carboxylic acids is 3. The van der Waals surface area contributed by atoms with E-state index in [9.17, 15) is 27.6 Å². The van der Waals surface area contributed by atoms with Gasteiger partial charge in [0.2, 0.25) is 5.91 Å². The predicted molar refractivity (Wildman–Crippen MR) is 114 cm³/mol. The molecule has 0 aliphatic carbocycles. The van der Waals surface area contributed by atoms with Gasteiger partial charge in [0.25, 0.3) is 5.91 Å². The van der Waals surface area contributed by atoms with Gasteiger partial charge in [-0.25, -0.2) is 4.79 Å². The SMILES string of the molecule is C[C@H](NC(=O)OC(C)(C)C)C(=O)N1CCN(C(=O)c2ccc(OC(F)(F)F)cc2)C(C)(C)C1. The number of nitrogens with zero attached hydrogens (tertiary/aromatic N) is 2. The molecule has 11 heteroatoms. The Morgan fingerprint density at radius 3 is 2.12 bits per heavy atom. The second-order valence-electron chi connectivity index (χ2n) is 9.47. The highest BCUT2D eigenvalue weighted by molar-refractivity contribution is 5.95. The first-order valence-electron chi connectivity index (χ1n) is 10.4. The summed E-state index contributed by atoms with van der Waals surface area (Å²) in [6.07, 6.45) is -5.51. The van der Waals surface area contributed by atoms with Gasteiger partial charge in [0.05, 0.1) is 5.54 Å². The van der Waals surface area contributed by atoms with Crippen molar-refractivity contribution < 1.29 is 37.0 Å². The summed E-state index contributed by atoms with van der Waals surface area (Å²) < 4.78 is 46.0. The van der Waals surface area contributed by atoms with E-state index < -0.39 is 35.4 Å². The van der Waals surface area contributed by atoms with Gasteiger partial charge in [0.1, 0.15) is 17.4 Å². The molecular weight excluding hydrogens is 443 g/mol. The van der Waals surface area contributed by atoms with Gasteiger partial charge < -0.3 is 24.6 Å². The average Bonchev–Trinajstić information content (AvgIpc) is 2.63. The fourth-order valence-electron chi connectivity index (χ4n) is 3.49. The van der Waals surface area contributed by atoms with Gasteiger partial charge in [0, 0.05) is 25.2 Å². The molecule has 0 spiro atoms. The molecule has 0 radical (unpaired) electrons. The fraction of sp³-hybridized carbons (Fsp3) is 0.591. The predicted octanol–water partition coefficient (Wildman–Crippen LogP) is 3.56. The van der Waals surface area contributed by atoms with E-state index in [2.05, 4.69) is 10.1 Å². The quantitative estimate of drug-likeness (QED) is 0.723. The van der Waals surface area contributed by atoms with Gasteiger partial charge in [-0.05, 0) is 65.8 Å². The van der Waals surface area contributed by atoms with Crippen LogP contribution < -0.4 is 10.1 Å². The molecule has 33 heavy (non-hydrogen) atoms. The van der Waals surface area contributed by atoms with E-state index in [1.165, 1.54) is 12.1 Å². The number of rotatable bonds is 4. The number of ether oxygens (including phenoxy) is 2. The highest BCUT2D eigenvalue weighted by Crippen LogP contribution is 2.26. The van der Waals surface area contributed by atoms with Gasteiger partial charge in [-0.15, -0.1) is 13.2 Å². The van der Waals surface area contributed by atoms with Crippen LogP contribution in [0.1, 0.15) is 51.9 Å². The molecule has 2 rings (SSSR count).